The van der Waals surface area contributed by atoms with Gasteiger partial charge in [-0.15, -0.1) is 0 Å². The number of imidazole rings is 1. The van der Waals surface area contributed by atoms with Gasteiger partial charge in [-0.1, -0.05) is 0 Å². The van der Waals surface area contributed by atoms with Crippen LogP contribution in [0.4, 0.5) is 18.0 Å². The normalized spacial score (nSPS) is 16.9. The maximum Gasteiger partial charge on any atom is 0.449 e. The SMILES string of the molecule is CC(C)(C)OC(=O)N1CCC(n2c(C(F)(F)F)nc3cccnc32)CC1. The number of piperidine rings is 1. The minimum atomic E-state index is -4.57. The molecule has 1 amide bonds. The number of carbonyl (C=O) groups excluding carboxylic acids is 1. The Bertz CT molecular complexity index is 802. The van der Waals surface area contributed by atoms with Gasteiger partial charge in [0.15, 0.2) is 5.65 Å². The molecule has 0 radical (unpaired) electrons. The summed E-state index contributed by atoms with van der Waals surface area (Å²) < 4.78 is 46.8. The van der Waals surface area contributed by atoms with E-state index in [1.165, 1.54) is 21.7 Å². The summed E-state index contributed by atoms with van der Waals surface area (Å²) in [5, 5.41) is 0. The number of likely N-dealkylation sites (tertiary alicyclic amines) is 1. The lowest BCUT2D eigenvalue weighted by atomic mass is 10.0. The fourth-order valence-electron chi connectivity index (χ4n) is 3.11. The molecule has 3 rings (SSSR count). The van der Waals surface area contributed by atoms with E-state index >= 15 is 0 Å². The molecule has 0 aromatic carbocycles. The quantitative estimate of drug-likeness (QED) is 0.761. The van der Waals surface area contributed by atoms with E-state index in [2.05, 4.69) is 9.97 Å². The van der Waals surface area contributed by atoms with Crippen molar-refractivity contribution in [1.82, 2.24) is 19.4 Å². The van der Waals surface area contributed by atoms with E-state index in [1.807, 2.05) is 0 Å². The van der Waals surface area contributed by atoms with Gasteiger partial charge in [0.2, 0.25) is 5.82 Å². The number of hydrogen-bond acceptors (Lipinski definition) is 4. The highest BCUT2D eigenvalue weighted by Gasteiger charge is 2.40. The number of alkyl halides is 3. The molecule has 142 valence electrons. The molecule has 0 N–H and O–H groups in total. The number of rotatable bonds is 1. The average Bonchev–Trinajstić information content (AvgIpc) is 2.93. The number of aromatic nitrogens is 3. The van der Waals surface area contributed by atoms with Crippen LogP contribution < -0.4 is 0 Å². The zero-order valence-corrected chi connectivity index (χ0v) is 14.9. The van der Waals surface area contributed by atoms with Gasteiger partial charge in [0.1, 0.15) is 11.1 Å². The fourth-order valence-corrected chi connectivity index (χ4v) is 3.11. The molecule has 1 fully saturated rings. The Hall–Kier alpha value is -2.32. The molecular formula is C17H21F3N4O2. The highest BCUT2D eigenvalue weighted by Crippen LogP contribution is 2.36. The maximum absolute atomic E-state index is 13.4. The molecule has 0 atom stereocenters. The third-order valence-electron chi connectivity index (χ3n) is 4.18. The van der Waals surface area contributed by atoms with Crippen molar-refractivity contribution in [2.75, 3.05) is 13.1 Å². The van der Waals surface area contributed by atoms with Crippen LogP contribution in [0.3, 0.4) is 0 Å². The van der Waals surface area contributed by atoms with Gasteiger partial charge in [-0.2, -0.15) is 13.2 Å². The Labute approximate surface area is 149 Å². The lowest BCUT2D eigenvalue weighted by molar-refractivity contribution is -0.148. The Morgan fingerprint density at radius 2 is 1.88 bits per heavy atom. The van der Waals surface area contributed by atoms with Gasteiger partial charge in [0, 0.05) is 25.3 Å². The molecule has 1 aliphatic heterocycles. The van der Waals surface area contributed by atoms with Crippen molar-refractivity contribution in [1.29, 1.82) is 0 Å². The van der Waals surface area contributed by atoms with Crippen molar-refractivity contribution in [3.63, 3.8) is 0 Å². The molecule has 6 nitrogen and oxygen atoms in total. The summed E-state index contributed by atoms with van der Waals surface area (Å²) in [5.74, 6) is -0.943. The van der Waals surface area contributed by atoms with Crippen LogP contribution in [0.15, 0.2) is 18.3 Å². The van der Waals surface area contributed by atoms with Crippen molar-refractivity contribution in [2.24, 2.45) is 0 Å². The van der Waals surface area contributed by atoms with Crippen molar-refractivity contribution in [3.8, 4) is 0 Å². The third-order valence-corrected chi connectivity index (χ3v) is 4.18. The summed E-state index contributed by atoms with van der Waals surface area (Å²) in [6.07, 6.45) is -2.80. The number of pyridine rings is 1. The van der Waals surface area contributed by atoms with Crippen molar-refractivity contribution in [3.05, 3.63) is 24.2 Å². The van der Waals surface area contributed by atoms with Crippen molar-refractivity contribution >= 4 is 17.3 Å². The minimum absolute atomic E-state index is 0.217. The van der Waals surface area contributed by atoms with Crippen LogP contribution in [0, 0.1) is 0 Å². The first-order valence-corrected chi connectivity index (χ1v) is 8.44. The second-order valence-corrected chi connectivity index (χ2v) is 7.35. The van der Waals surface area contributed by atoms with Crippen LogP contribution in [-0.4, -0.2) is 44.2 Å². The number of hydrogen-bond donors (Lipinski definition) is 0. The van der Waals surface area contributed by atoms with Gasteiger partial charge in [0.25, 0.3) is 0 Å². The standard InChI is InChI=1S/C17H21F3N4O2/c1-16(2,3)26-15(25)23-9-6-11(7-10-23)24-13-12(5-4-8-21-13)22-14(24)17(18,19)20/h4-5,8,11H,6-7,9-10H2,1-3H3. The lowest BCUT2D eigenvalue weighted by Crippen LogP contribution is -2.42. The van der Waals surface area contributed by atoms with Gasteiger partial charge in [-0.3, -0.25) is 0 Å². The van der Waals surface area contributed by atoms with E-state index in [0.29, 0.717) is 25.9 Å². The Balaban J connectivity index is 1.83. The van der Waals surface area contributed by atoms with Crippen LogP contribution in [0.5, 0.6) is 0 Å². The van der Waals surface area contributed by atoms with Gasteiger partial charge in [0.05, 0.1) is 0 Å². The second kappa shape index (κ2) is 6.44. The monoisotopic (exact) mass is 370 g/mol. The van der Waals surface area contributed by atoms with Crippen molar-refractivity contribution < 1.29 is 22.7 Å². The molecule has 0 unspecified atom stereocenters. The molecule has 2 aromatic rings. The van der Waals surface area contributed by atoms with E-state index in [1.54, 1.807) is 26.8 Å². The number of fused-ring (bicyclic) bond motifs is 1. The van der Waals surface area contributed by atoms with Crippen LogP contribution in [0.2, 0.25) is 0 Å². The minimum Gasteiger partial charge on any atom is -0.444 e. The predicted octanol–water partition coefficient (Wildman–Crippen LogP) is 4.02. The predicted molar refractivity (Wildman–Crippen MR) is 88.6 cm³/mol. The molecule has 0 aliphatic carbocycles. The van der Waals surface area contributed by atoms with Crippen LogP contribution in [0.25, 0.3) is 11.2 Å². The summed E-state index contributed by atoms with van der Waals surface area (Å²) >= 11 is 0. The van der Waals surface area contributed by atoms with E-state index in [0.717, 1.165) is 0 Å². The van der Waals surface area contributed by atoms with Crippen LogP contribution in [-0.2, 0) is 10.9 Å². The zero-order valence-electron chi connectivity index (χ0n) is 14.9. The molecule has 3 heterocycles. The lowest BCUT2D eigenvalue weighted by Gasteiger charge is -2.34. The molecule has 26 heavy (non-hydrogen) atoms. The van der Waals surface area contributed by atoms with E-state index < -0.39 is 29.7 Å². The fraction of sp³-hybridized carbons (Fsp3) is 0.588. The molecule has 1 aliphatic rings. The van der Waals surface area contributed by atoms with E-state index in [-0.39, 0.29) is 11.2 Å². The highest BCUT2D eigenvalue weighted by atomic mass is 19.4. The van der Waals surface area contributed by atoms with Gasteiger partial charge < -0.3 is 14.2 Å². The third kappa shape index (κ3) is 3.76. The van der Waals surface area contributed by atoms with Crippen molar-refractivity contribution in [2.45, 2.75) is 51.4 Å². The molecule has 0 saturated carbocycles. The average molecular weight is 370 g/mol. The zero-order chi connectivity index (χ0) is 19.1. The first kappa shape index (κ1) is 18.5. The first-order valence-electron chi connectivity index (χ1n) is 8.44. The molecule has 2 aromatic heterocycles. The Morgan fingerprint density at radius 3 is 2.46 bits per heavy atom. The summed E-state index contributed by atoms with van der Waals surface area (Å²) in [6, 6.07) is 2.65. The number of nitrogens with zero attached hydrogens (tertiary/aromatic N) is 4. The molecular weight excluding hydrogens is 349 g/mol. The molecule has 0 spiro atoms. The molecule has 0 bridgehead atoms. The summed E-state index contributed by atoms with van der Waals surface area (Å²) in [7, 11) is 0. The van der Waals surface area contributed by atoms with Crippen LogP contribution >= 0.6 is 0 Å². The number of carbonyl (C=O) groups is 1. The Morgan fingerprint density at radius 1 is 1.23 bits per heavy atom. The summed E-state index contributed by atoms with van der Waals surface area (Å²) in [6.45, 7) is 5.97. The first-order chi connectivity index (χ1) is 12.1. The topological polar surface area (TPSA) is 60.2 Å². The van der Waals surface area contributed by atoms with Gasteiger partial charge in [-0.25, -0.2) is 14.8 Å². The van der Waals surface area contributed by atoms with Crippen LogP contribution in [0.1, 0.15) is 45.5 Å². The molecule has 1 saturated heterocycles. The second-order valence-electron chi connectivity index (χ2n) is 7.35. The summed E-state index contributed by atoms with van der Waals surface area (Å²) in [5.41, 5.74) is -0.174. The number of halogens is 3. The Kier molecular flexibility index (Phi) is 4.58. The van der Waals surface area contributed by atoms with E-state index in [9.17, 15) is 18.0 Å². The smallest absolute Gasteiger partial charge is 0.444 e. The molecule has 9 heteroatoms. The highest BCUT2D eigenvalue weighted by molar-refractivity contribution is 5.71. The number of ether oxygens (including phenoxy) is 1. The van der Waals surface area contributed by atoms with Gasteiger partial charge in [-0.05, 0) is 45.7 Å². The number of amides is 1. The van der Waals surface area contributed by atoms with Gasteiger partial charge >= 0.3 is 12.3 Å². The van der Waals surface area contributed by atoms with E-state index in [4.69, 9.17) is 4.74 Å². The maximum atomic E-state index is 13.4. The largest absolute Gasteiger partial charge is 0.449 e. The summed E-state index contributed by atoms with van der Waals surface area (Å²) in [4.78, 5) is 21.5.